The molecule has 0 aliphatic heterocycles. The van der Waals surface area contributed by atoms with Gasteiger partial charge in [-0.2, -0.15) is 0 Å². The van der Waals surface area contributed by atoms with Gasteiger partial charge >= 0.3 is 5.97 Å². The number of amides is 2. The third-order valence-corrected chi connectivity index (χ3v) is 15.0. The van der Waals surface area contributed by atoms with Crippen LogP contribution in [0, 0.1) is 56.7 Å². The molecule has 4 N–H and O–H groups in total. The van der Waals surface area contributed by atoms with Gasteiger partial charge < -0.3 is 16.2 Å². The minimum atomic E-state index is -0.889. The van der Waals surface area contributed by atoms with Gasteiger partial charge in [-0.3, -0.25) is 9.59 Å². The third kappa shape index (κ3) is 4.43. The molecule has 45 heavy (non-hydrogen) atoms. The summed E-state index contributed by atoms with van der Waals surface area (Å²) in [6, 6.07) is 7.46. The topological polar surface area (TPSA) is 109 Å². The van der Waals surface area contributed by atoms with Crippen LogP contribution in [0.2, 0.25) is 0 Å². The molecule has 6 rings (SSSR count). The Balaban J connectivity index is 1.35. The van der Waals surface area contributed by atoms with E-state index in [9.17, 15) is 19.5 Å². The van der Waals surface area contributed by atoms with Crippen molar-refractivity contribution in [2.45, 2.75) is 99.3 Å². The quantitative estimate of drug-likeness (QED) is 0.286. The molecule has 6 nitrogen and oxygen atoms in total. The van der Waals surface area contributed by atoms with E-state index in [1.165, 1.54) is 30.4 Å². The Morgan fingerprint density at radius 2 is 1.60 bits per heavy atom. The number of rotatable bonds is 6. The van der Waals surface area contributed by atoms with Crippen molar-refractivity contribution >= 4 is 23.4 Å². The summed E-state index contributed by atoms with van der Waals surface area (Å²) in [4.78, 5) is 37.1. The average molecular weight is 615 g/mol. The van der Waals surface area contributed by atoms with Crippen LogP contribution in [-0.2, 0) is 9.59 Å². The Bertz CT molecular complexity index is 1460. The van der Waals surface area contributed by atoms with E-state index < -0.39 is 17.3 Å². The van der Waals surface area contributed by atoms with Gasteiger partial charge in [0.05, 0.1) is 17.5 Å². The van der Waals surface area contributed by atoms with E-state index in [1.807, 2.05) is 12.1 Å². The van der Waals surface area contributed by atoms with Crippen LogP contribution in [0.1, 0.15) is 115 Å². The standard InChI is InChI=1S/C39H54N2O4/c1-23(2)26-14-19-39(34(45)41-22-31(40)42)21-20-37(6)28(32(26)39)12-13-30-36(5)17-15-27(24-8-10-25(11-9-24)33(43)44)35(3,4)29(36)16-18-38(30,37)7/h8-11,15,26,28-30,32H,1,12-14,16-22H2,2-7H3,(H2,40,42)(H,41,45)(H,43,44)/t26-,28+,29-,30+,32+,36-,37+,38+,39-/m0/s1. The van der Waals surface area contributed by atoms with Gasteiger partial charge in [-0.1, -0.05) is 65.0 Å². The van der Waals surface area contributed by atoms with Crippen molar-refractivity contribution in [1.29, 1.82) is 0 Å². The number of carboxylic acid groups (broad SMARTS) is 1. The predicted octanol–water partition coefficient (Wildman–Crippen LogP) is 7.64. The summed E-state index contributed by atoms with van der Waals surface area (Å²) in [5.74, 6) is 0.765. The molecule has 0 bridgehead atoms. The van der Waals surface area contributed by atoms with Gasteiger partial charge in [-0.15, -0.1) is 0 Å². The third-order valence-electron chi connectivity index (χ3n) is 15.0. The van der Waals surface area contributed by atoms with Crippen molar-refractivity contribution in [3.63, 3.8) is 0 Å². The summed E-state index contributed by atoms with van der Waals surface area (Å²) in [6.07, 6.45) is 11.9. The molecule has 4 saturated carbocycles. The fourth-order valence-corrected chi connectivity index (χ4v) is 12.8. The molecule has 0 unspecified atom stereocenters. The second-order valence-corrected chi connectivity index (χ2v) is 16.9. The molecule has 0 saturated heterocycles. The number of carbonyl (C=O) groups excluding carboxylic acids is 2. The maximum Gasteiger partial charge on any atom is 0.335 e. The van der Waals surface area contributed by atoms with Crippen LogP contribution in [0.3, 0.4) is 0 Å². The van der Waals surface area contributed by atoms with E-state index in [4.69, 9.17) is 5.73 Å². The highest BCUT2D eigenvalue weighted by Crippen LogP contribution is 2.77. The van der Waals surface area contributed by atoms with E-state index in [-0.39, 0.29) is 40.0 Å². The summed E-state index contributed by atoms with van der Waals surface area (Å²) < 4.78 is 0. The Kier molecular flexibility index (Phi) is 7.53. The minimum absolute atomic E-state index is 0.0307. The van der Waals surface area contributed by atoms with E-state index in [0.717, 1.165) is 44.1 Å². The van der Waals surface area contributed by atoms with Crippen molar-refractivity contribution in [3.05, 3.63) is 53.6 Å². The molecule has 244 valence electrons. The van der Waals surface area contributed by atoms with Crippen molar-refractivity contribution < 1.29 is 19.5 Å². The summed E-state index contributed by atoms with van der Waals surface area (Å²) >= 11 is 0. The van der Waals surface area contributed by atoms with Crippen LogP contribution >= 0.6 is 0 Å². The number of carboxylic acids is 1. The summed E-state index contributed by atoms with van der Waals surface area (Å²) in [6.45, 7) is 19.1. The maximum atomic E-state index is 13.9. The zero-order chi connectivity index (χ0) is 32.7. The Labute approximate surface area is 269 Å². The first-order valence-corrected chi connectivity index (χ1v) is 17.3. The highest BCUT2D eigenvalue weighted by Gasteiger charge is 2.71. The van der Waals surface area contributed by atoms with Crippen molar-refractivity contribution in [2.24, 2.45) is 62.4 Å². The zero-order valence-electron chi connectivity index (χ0n) is 28.3. The largest absolute Gasteiger partial charge is 0.478 e. The molecule has 2 amide bonds. The molecule has 5 aliphatic carbocycles. The fraction of sp³-hybridized carbons (Fsp3) is 0.667. The number of aromatic carboxylic acids is 1. The summed E-state index contributed by atoms with van der Waals surface area (Å²) in [5.41, 5.74) is 9.41. The molecule has 0 radical (unpaired) electrons. The average Bonchev–Trinajstić information content (AvgIpc) is 3.37. The summed E-state index contributed by atoms with van der Waals surface area (Å²) in [5, 5.41) is 12.4. The second kappa shape index (κ2) is 10.6. The van der Waals surface area contributed by atoms with Crippen LogP contribution in [0.5, 0.6) is 0 Å². The lowest BCUT2D eigenvalue weighted by molar-refractivity contribution is -0.225. The van der Waals surface area contributed by atoms with Crippen LogP contribution in [-0.4, -0.2) is 29.4 Å². The first-order valence-electron chi connectivity index (χ1n) is 17.3. The van der Waals surface area contributed by atoms with Crippen LogP contribution in [0.15, 0.2) is 42.5 Å². The number of carbonyl (C=O) groups is 3. The van der Waals surface area contributed by atoms with E-state index >= 15 is 0 Å². The van der Waals surface area contributed by atoms with E-state index in [2.05, 4.69) is 59.5 Å². The molecule has 4 fully saturated rings. The van der Waals surface area contributed by atoms with E-state index in [1.54, 1.807) is 12.1 Å². The van der Waals surface area contributed by atoms with Gasteiger partial charge in [0, 0.05) is 0 Å². The van der Waals surface area contributed by atoms with Gasteiger partial charge in [0.2, 0.25) is 11.8 Å². The molecule has 0 spiro atoms. The zero-order valence-corrected chi connectivity index (χ0v) is 28.3. The molecule has 1 aromatic carbocycles. The number of nitrogens with two attached hydrogens (primary N) is 1. The molecule has 0 aromatic heterocycles. The number of hydrogen-bond donors (Lipinski definition) is 3. The Morgan fingerprint density at radius 1 is 0.911 bits per heavy atom. The summed E-state index contributed by atoms with van der Waals surface area (Å²) in [7, 11) is 0. The second-order valence-electron chi connectivity index (χ2n) is 16.9. The molecular weight excluding hydrogens is 560 g/mol. The fourth-order valence-electron chi connectivity index (χ4n) is 12.8. The smallest absolute Gasteiger partial charge is 0.335 e. The van der Waals surface area contributed by atoms with Crippen molar-refractivity contribution in [2.75, 3.05) is 6.54 Å². The lowest BCUT2D eigenvalue weighted by atomic mass is 9.32. The SMILES string of the molecule is C=C(C)[C@@H]1CC[C@]2(C(=O)NCC(N)=O)CC[C@]3(C)[C@H](CC[C@@H]4[C@@]5(C)CC=C(c6ccc(C(=O)O)cc6)C(C)(C)[C@@H]5CC[C@]43C)[C@@H]12. The molecular formula is C39H54N2O4. The molecule has 9 atom stereocenters. The van der Waals surface area contributed by atoms with Crippen molar-refractivity contribution in [1.82, 2.24) is 5.32 Å². The predicted molar refractivity (Wildman–Crippen MR) is 178 cm³/mol. The first-order chi connectivity index (χ1) is 21.0. The number of allylic oxidation sites excluding steroid dienone is 3. The molecule has 1 aromatic rings. The van der Waals surface area contributed by atoms with E-state index in [0.29, 0.717) is 29.2 Å². The molecule has 5 aliphatic rings. The highest BCUT2D eigenvalue weighted by atomic mass is 16.4. The van der Waals surface area contributed by atoms with Gasteiger partial charge in [-0.25, -0.2) is 4.79 Å². The van der Waals surface area contributed by atoms with Gasteiger partial charge in [0.25, 0.3) is 0 Å². The number of benzene rings is 1. The van der Waals surface area contributed by atoms with Gasteiger partial charge in [-0.05, 0) is 139 Å². The lowest BCUT2D eigenvalue weighted by Crippen LogP contribution is -2.66. The highest BCUT2D eigenvalue weighted by molar-refractivity contribution is 5.89. The van der Waals surface area contributed by atoms with Crippen LogP contribution in [0.4, 0.5) is 0 Å². The monoisotopic (exact) mass is 614 g/mol. The lowest BCUT2D eigenvalue weighted by Gasteiger charge is -2.72. The normalized spacial score (nSPS) is 41.4. The number of nitrogens with one attached hydrogen (secondary N) is 1. The maximum absolute atomic E-state index is 13.9. The van der Waals surface area contributed by atoms with Gasteiger partial charge in [0.1, 0.15) is 0 Å². The molecule has 0 heterocycles. The van der Waals surface area contributed by atoms with Crippen LogP contribution in [0.25, 0.3) is 5.57 Å². The molecule has 6 heteroatoms. The van der Waals surface area contributed by atoms with Gasteiger partial charge in [0.15, 0.2) is 0 Å². The Hall–Kier alpha value is -2.89. The minimum Gasteiger partial charge on any atom is -0.478 e. The number of hydrogen-bond acceptors (Lipinski definition) is 3. The number of primary amides is 1. The number of fused-ring (bicyclic) bond motifs is 7. The first kappa shape index (κ1) is 32.1. The van der Waals surface area contributed by atoms with Crippen molar-refractivity contribution in [3.8, 4) is 0 Å². The Morgan fingerprint density at radius 3 is 2.22 bits per heavy atom. The van der Waals surface area contributed by atoms with Crippen LogP contribution < -0.4 is 11.1 Å².